The maximum Gasteiger partial charge on any atom is 0.324 e. The molecule has 0 amide bonds. The van der Waals surface area contributed by atoms with Crippen LogP contribution in [-0.2, 0) is 9.53 Å². The number of carbonyl (C=O) groups excluding carboxylic acids is 1. The third-order valence-corrected chi connectivity index (χ3v) is 1.82. The zero-order chi connectivity index (χ0) is 8.97. The van der Waals surface area contributed by atoms with Gasteiger partial charge >= 0.3 is 5.97 Å². The van der Waals surface area contributed by atoms with Gasteiger partial charge in [-0.1, -0.05) is 0 Å². The third-order valence-electron chi connectivity index (χ3n) is 1.82. The SMILES string of the molecule is CC(C#N)OC(=O)[C@@H]1CCCN1. The van der Waals surface area contributed by atoms with E-state index in [9.17, 15) is 4.79 Å². The van der Waals surface area contributed by atoms with Crippen LogP contribution < -0.4 is 5.32 Å². The van der Waals surface area contributed by atoms with Gasteiger partial charge in [0.1, 0.15) is 12.1 Å². The minimum Gasteiger partial charge on any atom is -0.446 e. The number of hydrogen-bond donors (Lipinski definition) is 1. The summed E-state index contributed by atoms with van der Waals surface area (Å²) in [6.45, 7) is 2.42. The summed E-state index contributed by atoms with van der Waals surface area (Å²) >= 11 is 0. The van der Waals surface area contributed by atoms with Crippen molar-refractivity contribution in [1.82, 2.24) is 5.32 Å². The highest BCUT2D eigenvalue weighted by Crippen LogP contribution is 2.07. The maximum absolute atomic E-state index is 11.2. The molecule has 1 aliphatic heterocycles. The van der Waals surface area contributed by atoms with Gasteiger partial charge < -0.3 is 10.1 Å². The molecule has 2 atom stereocenters. The lowest BCUT2D eigenvalue weighted by Gasteiger charge is -2.10. The molecule has 1 aliphatic rings. The molecule has 1 rings (SSSR count). The van der Waals surface area contributed by atoms with Crippen LogP contribution in [0.5, 0.6) is 0 Å². The molecular formula is C8H12N2O2. The first-order valence-corrected chi connectivity index (χ1v) is 4.07. The molecule has 4 heteroatoms. The zero-order valence-corrected chi connectivity index (χ0v) is 7.04. The van der Waals surface area contributed by atoms with Crippen LogP contribution in [0.3, 0.4) is 0 Å². The highest BCUT2D eigenvalue weighted by molar-refractivity contribution is 5.76. The van der Waals surface area contributed by atoms with Crippen molar-refractivity contribution in [2.24, 2.45) is 0 Å². The summed E-state index contributed by atoms with van der Waals surface area (Å²) in [5, 5.41) is 11.4. The van der Waals surface area contributed by atoms with E-state index < -0.39 is 6.10 Å². The average molecular weight is 168 g/mol. The molecule has 0 spiro atoms. The molecule has 0 aliphatic carbocycles. The van der Waals surface area contributed by atoms with E-state index in [2.05, 4.69) is 5.32 Å². The summed E-state index contributed by atoms with van der Waals surface area (Å²) < 4.78 is 4.82. The number of esters is 1. The van der Waals surface area contributed by atoms with E-state index in [1.54, 1.807) is 6.92 Å². The molecule has 4 nitrogen and oxygen atoms in total. The number of nitrogens with zero attached hydrogens (tertiary/aromatic N) is 1. The highest BCUT2D eigenvalue weighted by Gasteiger charge is 2.24. The molecule has 1 unspecified atom stereocenters. The van der Waals surface area contributed by atoms with E-state index >= 15 is 0 Å². The second-order valence-corrected chi connectivity index (χ2v) is 2.86. The standard InChI is InChI=1S/C8H12N2O2/c1-6(5-9)12-8(11)7-3-2-4-10-7/h6-7,10H,2-4H2,1H3/t6?,7-/m0/s1. The predicted octanol–water partition coefficient (Wildman–Crippen LogP) is 0.194. The first kappa shape index (κ1) is 9.01. The second kappa shape index (κ2) is 4.07. The summed E-state index contributed by atoms with van der Waals surface area (Å²) in [6, 6.07) is 1.65. The second-order valence-electron chi connectivity index (χ2n) is 2.86. The van der Waals surface area contributed by atoms with Gasteiger partial charge in [-0.25, -0.2) is 0 Å². The Labute approximate surface area is 71.5 Å². The maximum atomic E-state index is 11.2. The molecule has 0 aromatic rings. The first-order valence-electron chi connectivity index (χ1n) is 4.07. The molecule has 1 fully saturated rings. The van der Waals surface area contributed by atoms with Crippen LogP contribution in [0.15, 0.2) is 0 Å². The molecule has 0 saturated carbocycles. The van der Waals surface area contributed by atoms with Gasteiger partial charge in [-0.05, 0) is 26.3 Å². The normalized spacial score (nSPS) is 24.5. The lowest BCUT2D eigenvalue weighted by Crippen LogP contribution is -2.34. The minimum atomic E-state index is -0.639. The van der Waals surface area contributed by atoms with Crippen LogP contribution in [0.2, 0.25) is 0 Å². The number of hydrogen-bond acceptors (Lipinski definition) is 4. The zero-order valence-electron chi connectivity index (χ0n) is 7.04. The van der Waals surface area contributed by atoms with Crippen molar-refractivity contribution in [3.05, 3.63) is 0 Å². The van der Waals surface area contributed by atoms with E-state index in [1.165, 1.54) is 0 Å². The van der Waals surface area contributed by atoms with E-state index in [0.717, 1.165) is 19.4 Å². The van der Waals surface area contributed by atoms with Gasteiger partial charge in [0.15, 0.2) is 6.10 Å². The van der Waals surface area contributed by atoms with Crippen molar-refractivity contribution in [2.45, 2.75) is 31.9 Å². The van der Waals surface area contributed by atoms with E-state index in [-0.39, 0.29) is 12.0 Å². The van der Waals surface area contributed by atoms with Crippen LogP contribution >= 0.6 is 0 Å². The Morgan fingerprint density at radius 3 is 3.08 bits per heavy atom. The Hall–Kier alpha value is -1.08. The summed E-state index contributed by atoms with van der Waals surface area (Å²) in [4.78, 5) is 11.2. The van der Waals surface area contributed by atoms with Crippen molar-refractivity contribution >= 4 is 5.97 Å². The minimum absolute atomic E-state index is 0.194. The number of carbonyl (C=O) groups is 1. The van der Waals surface area contributed by atoms with Crippen molar-refractivity contribution in [2.75, 3.05) is 6.54 Å². The quantitative estimate of drug-likeness (QED) is 0.598. The van der Waals surface area contributed by atoms with Crippen LogP contribution in [0.4, 0.5) is 0 Å². The third kappa shape index (κ3) is 2.21. The van der Waals surface area contributed by atoms with Crippen LogP contribution in [0.25, 0.3) is 0 Å². The van der Waals surface area contributed by atoms with Gasteiger partial charge in [0, 0.05) is 0 Å². The molecule has 66 valence electrons. The molecule has 12 heavy (non-hydrogen) atoms. The van der Waals surface area contributed by atoms with E-state index in [1.807, 2.05) is 6.07 Å². The summed E-state index contributed by atoms with van der Waals surface area (Å²) in [6.07, 6.45) is 1.18. The molecule has 1 N–H and O–H groups in total. The Morgan fingerprint density at radius 2 is 2.58 bits per heavy atom. The summed E-state index contributed by atoms with van der Waals surface area (Å²) in [7, 11) is 0. The van der Waals surface area contributed by atoms with Crippen LogP contribution in [0, 0.1) is 11.3 Å². The van der Waals surface area contributed by atoms with Crippen molar-refractivity contribution in [3.8, 4) is 6.07 Å². The van der Waals surface area contributed by atoms with Gasteiger partial charge in [-0.2, -0.15) is 5.26 Å². The number of rotatable bonds is 2. The van der Waals surface area contributed by atoms with Crippen molar-refractivity contribution < 1.29 is 9.53 Å². The Kier molecular flexibility index (Phi) is 3.06. The monoisotopic (exact) mass is 168 g/mol. The molecule has 0 bridgehead atoms. The first-order chi connectivity index (χ1) is 5.74. The smallest absolute Gasteiger partial charge is 0.324 e. The van der Waals surface area contributed by atoms with Gasteiger partial charge in [0.25, 0.3) is 0 Å². The lowest BCUT2D eigenvalue weighted by molar-refractivity contribution is -0.147. The van der Waals surface area contributed by atoms with Crippen LogP contribution in [0.1, 0.15) is 19.8 Å². The van der Waals surface area contributed by atoms with E-state index in [4.69, 9.17) is 10.00 Å². The van der Waals surface area contributed by atoms with Gasteiger partial charge in [0.05, 0.1) is 0 Å². The Balaban J connectivity index is 2.33. The van der Waals surface area contributed by atoms with E-state index in [0.29, 0.717) is 0 Å². The van der Waals surface area contributed by atoms with Crippen molar-refractivity contribution in [1.29, 1.82) is 5.26 Å². The predicted molar refractivity (Wildman–Crippen MR) is 42.2 cm³/mol. The summed E-state index contributed by atoms with van der Waals surface area (Å²) in [5.41, 5.74) is 0. The fraction of sp³-hybridized carbons (Fsp3) is 0.750. The fourth-order valence-electron chi connectivity index (χ4n) is 1.17. The Morgan fingerprint density at radius 1 is 1.83 bits per heavy atom. The van der Waals surface area contributed by atoms with Crippen molar-refractivity contribution in [3.63, 3.8) is 0 Å². The summed E-state index contributed by atoms with van der Waals surface area (Å²) in [5.74, 6) is -0.304. The molecule has 0 aromatic heterocycles. The number of nitriles is 1. The molecular weight excluding hydrogens is 156 g/mol. The number of nitrogens with one attached hydrogen (secondary N) is 1. The topological polar surface area (TPSA) is 62.1 Å². The molecule has 0 radical (unpaired) electrons. The highest BCUT2D eigenvalue weighted by atomic mass is 16.5. The molecule has 1 saturated heterocycles. The van der Waals surface area contributed by atoms with Gasteiger partial charge in [-0.15, -0.1) is 0 Å². The number of ether oxygens (including phenoxy) is 1. The van der Waals surface area contributed by atoms with Crippen LogP contribution in [-0.4, -0.2) is 24.7 Å². The Bertz CT molecular complexity index is 204. The molecule has 0 aromatic carbocycles. The van der Waals surface area contributed by atoms with Gasteiger partial charge in [-0.3, -0.25) is 4.79 Å². The average Bonchev–Trinajstić information content (AvgIpc) is 2.56. The van der Waals surface area contributed by atoms with Gasteiger partial charge in [0.2, 0.25) is 0 Å². The largest absolute Gasteiger partial charge is 0.446 e. The molecule has 1 heterocycles. The lowest BCUT2D eigenvalue weighted by atomic mass is 10.2. The fourth-order valence-corrected chi connectivity index (χ4v) is 1.17.